The van der Waals surface area contributed by atoms with Crippen molar-refractivity contribution in [1.29, 1.82) is 0 Å². The molecule has 0 amide bonds. The minimum absolute atomic E-state index is 0.0538. The molecule has 0 unspecified atom stereocenters. The highest BCUT2D eigenvalue weighted by Crippen LogP contribution is 2.38. The summed E-state index contributed by atoms with van der Waals surface area (Å²) in [5.74, 6) is 0. The van der Waals surface area contributed by atoms with E-state index < -0.39 is 11.9 Å². The van der Waals surface area contributed by atoms with Crippen LogP contribution in [0.5, 0.6) is 0 Å². The number of hydrogen-bond acceptors (Lipinski definition) is 2. The largest absolute Gasteiger partial charge is 0.434 e. The molecule has 0 saturated carbocycles. The Bertz CT molecular complexity index is 849. The molecule has 0 atom stereocenters. The van der Waals surface area contributed by atoms with E-state index in [0.717, 1.165) is 0 Å². The van der Waals surface area contributed by atoms with Crippen LogP contribution in [0, 0.1) is 0 Å². The summed E-state index contributed by atoms with van der Waals surface area (Å²) in [4.78, 5) is 7.68. The summed E-state index contributed by atoms with van der Waals surface area (Å²) >= 11 is 11.9. The van der Waals surface area contributed by atoms with E-state index in [9.17, 15) is 13.2 Å². The number of halogens is 5. The zero-order valence-electron chi connectivity index (χ0n) is 10.8. The number of rotatable bonds is 1. The first-order valence-electron chi connectivity index (χ1n) is 6.14. The zero-order chi connectivity index (χ0) is 15.9. The molecule has 22 heavy (non-hydrogen) atoms. The predicted molar refractivity (Wildman–Crippen MR) is 80.0 cm³/mol. The van der Waals surface area contributed by atoms with Crippen LogP contribution < -0.4 is 0 Å². The fourth-order valence-electron chi connectivity index (χ4n) is 2.14. The molecule has 0 fully saturated rings. The third kappa shape index (κ3) is 2.74. The monoisotopic (exact) mass is 342 g/mol. The van der Waals surface area contributed by atoms with Gasteiger partial charge in [0.1, 0.15) is 0 Å². The van der Waals surface area contributed by atoms with Crippen molar-refractivity contribution in [2.45, 2.75) is 6.18 Å². The van der Waals surface area contributed by atoms with Gasteiger partial charge in [0.15, 0.2) is 5.69 Å². The van der Waals surface area contributed by atoms with Gasteiger partial charge in [-0.1, -0.05) is 29.3 Å². The minimum Gasteiger partial charge on any atom is -0.256 e. The Kier molecular flexibility index (Phi) is 3.70. The highest BCUT2D eigenvalue weighted by Gasteiger charge is 2.36. The quantitative estimate of drug-likeness (QED) is 0.573. The molecule has 0 bridgehead atoms. The average molecular weight is 343 g/mol. The predicted octanol–water partition coefficient (Wildman–Crippen LogP) is 5.62. The molecule has 0 spiro atoms. The maximum Gasteiger partial charge on any atom is 0.434 e. The molecule has 3 aromatic rings. The van der Waals surface area contributed by atoms with E-state index >= 15 is 0 Å². The number of alkyl halides is 3. The summed E-state index contributed by atoms with van der Waals surface area (Å²) in [5, 5.41) is 0.817. The fraction of sp³-hybridized carbons (Fsp3) is 0.0667. The van der Waals surface area contributed by atoms with Gasteiger partial charge in [-0.15, -0.1) is 0 Å². The molecule has 0 aliphatic rings. The van der Waals surface area contributed by atoms with Crippen LogP contribution in [0.2, 0.25) is 10.0 Å². The van der Waals surface area contributed by atoms with Crippen LogP contribution in [-0.4, -0.2) is 9.97 Å². The van der Waals surface area contributed by atoms with E-state index in [-0.39, 0.29) is 21.8 Å². The number of fused-ring (bicyclic) bond motifs is 1. The van der Waals surface area contributed by atoms with Crippen molar-refractivity contribution in [2.24, 2.45) is 0 Å². The summed E-state index contributed by atoms with van der Waals surface area (Å²) in [6, 6.07) is 8.95. The zero-order valence-corrected chi connectivity index (χ0v) is 12.3. The lowest BCUT2D eigenvalue weighted by atomic mass is 10.1. The van der Waals surface area contributed by atoms with Crippen LogP contribution in [0.3, 0.4) is 0 Å². The molecular formula is C15H7Cl2F3N2. The molecule has 0 aliphatic carbocycles. The van der Waals surface area contributed by atoms with Crippen molar-refractivity contribution in [2.75, 3.05) is 0 Å². The van der Waals surface area contributed by atoms with E-state index in [2.05, 4.69) is 9.97 Å². The van der Waals surface area contributed by atoms with Crippen molar-refractivity contribution in [3.63, 3.8) is 0 Å². The smallest absolute Gasteiger partial charge is 0.256 e. The first kappa shape index (κ1) is 15.1. The number of aromatic nitrogens is 2. The molecule has 7 heteroatoms. The molecule has 2 nitrogen and oxygen atoms in total. The lowest BCUT2D eigenvalue weighted by molar-refractivity contribution is -0.140. The molecule has 0 radical (unpaired) electrons. The van der Waals surface area contributed by atoms with Crippen LogP contribution >= 0.6 is 23.2 Å². The van der Waals surface area contributed by atoms with Gasteiger partial charge in [-0.3, -0.25) is 4.98 Å². The highest BCUT2D eigenvalue weighted by atomic mass is 35.5. The topological polar surface area (TPSA) is 25.8 Å². The van der Waals surface area contributed by atoms with Gasteiger partial charge in [-0.25, -0.2) is 4.98 Å². The lowest BCUT2D eigenvalue weighted by Gasteiger charge is -2.13. The first-order valence-corrected chi connectivity index (χ1v) is 6.90. The first-order chi connectivity index (χ1) is 10.4. The van der Waals surface area contributed by atoms with E-state index in [1.807, 2.05) is 0 Å². The third-order valence-corrected chi connectivity index (χ3v) is 3.55. The van der Waals surface area contributed by atoms with E-state index in [4.69, 9.17) is 23.2 Å². The van der Waals surface area contributed by atoms with Crippen LogP contribution in [-0.2, 0) is 6.18 Å². The van der Waals surface area contributed by atoms with E-state index in [0.29, 0.717) is 10.4 Å². The van der Waals surface area contributed by atoms with Gasteiger partial charge in [0.05, 0.1) is 16.2 Å². The highest BCUT2D eigenvalue weighted by molar-refractivity contribution is 6.38. The second kappa shape index (κ2) is 5.41. The summed E-state index contributed by atoms with van der Waals surface area (Å²) in [7, 11) is 0. The van der Waals surface area contributed by atoms with Crippen molar-refractivity contribution in [3.05, 3.63) is 58.3 Å². The molecular weight excluding hydrogens is 336 g/mol. The molecule has 3 rings (SSSR count). The average Bonchev–Trinajstić information content (AvgIpc) is 2.45. The molecule has 112 valence electrons. The molecule has 2 heterocycles. The Morgan fingerprint density at radius 2 is 1.77 bits per heavy atom. The van der Waals surface area contributed by atoms with E-state index in [1.54, 1.807) is 12.1 Å². The Morgan fingerprint density at radius 3 is 2.41 bits per heavy atom. The van der Waals surface area contributed by atoms with Crippen LogP contribution in [0.4, 0.5) is 13.2 Å². The van der Waals surface area contributed by atoms with Gasteiger partial charge in [0.2, 0.25) is 0 Å². The Labute approximate surface area is 133 Å². The Balaban J connectivity index is 2.39. The SMILES string of the molecule is FC(F)(F)c1nc2c(Cl)cc(Cl)cc2cc1-c1ccccn1. The second-order valence-corrected chi connectivity index (χ2v) is 5.40. The summed E-state index contributed by atoms with van der Waals surface area (Å²) < 4.78 is 39.9. The standard InChI is InChI=1S/C15H7Cl2F3N2/c16-9-5-8-6-10(12-3-1-2-4-21-12)14(15(18,19)20)22-13(8)11(17)7-9/h1-7H. The summed E-state index contributed by atoms with van der Waals surface area (Å²) in [6.07, 6.45) is -3.20. The molecule has 0 aliphatic heterocycles. The fourth-order valence-corrected chi connectivity index (χ4v) is 2.69. The number of hydrogen-bond donors (Lipinski definition) is 0. The van der Waals surface area contributed by atoms with Gasteiger partial charge in [-0.05, 0) is 30.3 Å². The van der Waals surface area contributed by atoms with Gasteiger partial charge in [-0.2, -0.15) is 13.2 Å². The lowest BCUT2D eigenvalue weighted by Crippen LogP contribution is -2.11. The molecule has 0 N–H and O–H groups in total. The molecule has 0 saturated heterocycles. The molecule has 2 aromatic heterocycles. The van der Waals surface area contributed by atoms with Crippen LogP contribution in [0.1, 0.15) is 5.69 Å². The van der Waals surface area contributed by atoms with E-state index in [1.165, 1.54) is 30.5 Å². The van der Waals surface area contributed by atoms with Crippen LogP contribution in [0.15, 0.2) is 42.6 Å². The third-order valence-electron chi connectivity index (χ3n) is 3.05. The van der Waals surface area contributed by atoms with Crippen molar-refractivity contribution in [1.82, 2.24) is 9.97 Å². The Hall–Kier alpha value is -1.85. The molecule has 1 aromatic carbocycles. The second-order valence-electron chi connectivity index (χ2n) is 4.56. The summed E-state index contributed by atoms with van der Waals surface area (Å²) in [5.41, 5.74) is -0.903. The van der Waals surface area contributed by atoms with Crippen molar-refractivity contribution < 1.29 is 13.2 Å². The number of nitrogens with zero attached hydrogens (tertiary/aromatic N) is 2. The van der Waals surface area contributed by atoms with Gasteiger partial charge in [0, 0.05) is 22.2 Å². The van der Waals surface area contributed by atoms with Gasteiger partial charge >= 0.3 is 6.18 Å². The van der Waals surface area contributed by atoms with Crippen LogP contribution in [0.25, 0.3) is 22.2 Å². The van der Waals surface area contributed by atoms with Gasteiger partial charge < -0.3 is 0 Å². The maximum atomic E-state index is 13.3. The summed E-state index contributed by atoms with van der Waals surface area (Å²) in [6.45, 7) is 0. The Morgan fingerprint density at radius 1 is 1.00 bits per heavy atom. The maximum absolute atomic E-state index is 13.3. The van der Waals surface area contributed by atoms with Crippen molar-refractivity contribution >= 4 is 34.1 Å². The minimum atomic E-state index is -4.62. The normalized spacial score (nSPS) is 11.9. The van der Waals surface area contributed by atoms with Gasteiger partial charge in [0.25, 0.3) is 0 Å². The number of benzene rings is 1. The van der Waals surface area contributed by atoms with Crippen molar-refractivity contribution in [3.8, 4) is 11.3 Å². The number of pyridine rings is 2.